The molecule has 1 aromatic heterocycles. The maximum absolute atomic E-state index is 12.3. The third-order valence-corrected chi connectivity index (χ3v) is 4.64. The fourth-order valence-corrected chi connectivity index (χ4v) is 3.16. The van der Waals surface area contributed by atoms with Crippen molar-refractivity contribution in [1.29, 1.82) is 0 Å². The van der Waals surface area contributed by atoms with E-state index in [1.165, 1.54) is 4.88 Å². The van der Waals surface area contributed by atoms with E-state index < -0.39 is 0 Å². The number of rotatable bonds is 6. The van der Waals surface area contributed by atoms with Gasteiger partial charge in [-0.3, -0.25) is 0 Å². The largest absolute Gasteiger partial charge is 0.454 e. The van der Waals surface area contributed by atoms with Gasteiger partial charge in [-0.05, 0) is 42.5 Å². The van der Waals surface area contributed by atoms with Gasteiger partial charge in [0.25, 0.3) is 0 Å². The second-order valence-corrected chi connectivity index (χ2v) is 6.30. The molecule has 6 heteroatoms. The standard InChI is InChI=1S/C17H20N2O3S/c1-2-19(17(20)18-8-7-14-4-3-9-23-14)11-13-5-6-15-16(10-13)22-12-21-15/h3-6,9-10H,2,7-8,11-12H2,1H3,(H,18,20). The van der Waals surface area contributed by atoms with Crippen LogP contribution in [0.2, 0.25) is 0 Å². The Balaban J connectivity index is 1.53. The average molecular weight is 332 g/mol. The summed E-state index contributed by atoms with van der Waals surface area (Å²) in [5, 5.41) is 5.03. The monoisotopic (exact) mass is 332 g/mol. The number of amides is 2. The van der Waals surface area contributed by atoms with Crippen molar-refractivity contribution in [3.63, 3.8) is 0 Å². The van der Waals surface area contributed by atoms with Gasteiger partial charge in [0, 0.05) is 24.5 Å². The summed E-state index contributed by atoms with van der Waals surface area (Å²) >= 11 is 1.71. The lowest BCUT2D eigenvalue weighted by atomic mass is 10.2. The van der Waals surface area contributed by atoms with Crippen LogP contribution in [0, 0.1) is 0 Å². The number of carbonyl (C=O) groups is 1. The van der Waals surface area contributed by atoms with Gasteiger partial charge < -0.3 is 19.7 Å². The highest BCUT2D eigenvalue weighted by molar-refractivity contribution is 7.09. The zero-order chi connectivity index (χ0) is 16.1. The van der Waals surface area contributed by atoms with Crippen molar-refractivity contribution >= 4 is 17.4 Å². The van der Waals surface area contributed by atoms with Gasteiger partial charge in [0.15, 0.2) is 11.5 Å². The summed E-state index contributed by atoms with van der Waals surface area (Å²) in [7, 11) is 0. The van der Waals surface area contributed by atoms with E-state index in [0.717, 1.165) is 23.5 Å². The molecule has 0 atom stereocenters. The number of benzene rings is 1. The highest BCUT2D eigenvalue weighted by Gasteiger charge is 2.16. The molecule has 3 rings (SSSR count). The van der Waals surface area contributed by atoms with E-state index >= 15 is 0 Å². The van der Waals surface area contributed by atoms with E-state index in [2.05, 4.69) is 16.8 Å². The average Bonchev–Trinajstić information content (AvgIpc) is 3.23. The minimum Gasteiger partial charge on any atom is -0.454 e. The number of nitrogens with one attached hydrogen (secondary N) is 1. The summed E-state index contributed by atoms with van der Waals surface area (Å²) in [5.41, 5.74) is 1.03. The first kappa shape index (κ1) is 15.7. The first-order valence-corrected chi connectivity index (χ1v) is 8.58. The van der Waals surface area contributed by atoms with Crippen LogP contribution >= 0.6 is 11.3 Å². The Labute approximate surface area is 139 Å². The highest BCUT2D eigenvalue weighted by atomic mass is 32.1. The topological polar surface area (TPSA) is 50.8 Å². The Morgan fingerprint density at radius 3 is 2.96 bits per heavy atom. The number of thiophene rings is 1. The van der Waals surface area contributed by atoms with Crippen LogP contribution in [0.3, 0.4) is 0 Å². The molecule has 1 N–H and O–H groups in total. The van der Waals surface area contributed by atoms with Gasteiger partial charge in [0.2, 0.25) is 6.79 Å². The lowest BCUT2D eigenvalue weighted by Gasteiger charge is -2.21. The van der Waals surface area contributed by atoms with Crippen LogP contribution in [0.4, 0.5) is 4.79 Å². The SMILES string of the molecule is CCN(Cc1ccc2c(c1)OCO2)C(=O)NCCc1cccs1. The molecule has 0 saturated heterocycles. The Morgan fingerprint density at radius 2 is 2.17 bits per heavy atom. The summed E-state index contributed by atoms with van der Waals surface area (Å²) in [4.78, 5) is 15.4. The molecule has 0 saturated carbocycles. The predicted molar refractivity (Wildman–Crippen MR) is 90.1 cm³/mol. The molecule has 122 valence electrons. The number of hydrogen-bond donors (Lipinski definition) is 1. The summed E-state index contributed by atoms with van der Waals surface area (Å²) < 4.78 is 10.7. The molecule has 1 aromatic carbocycles. The molecule has 1 aliphatic rings. The lowest BCUT2D eigenvalue weighted by Crippen LogP contribution is -2.40. The quantitative estimate of drug-likeness (QED) is 0.883. The predicted octanol–water partition coefficient (Wildman–Crippen LogP) is 3.25. The summed E-state index contributed by atoms with van der Waals surface area (Å²) in [6.45, 7) is 4.10. The summed E-state index contributed by atoms with van der Waals surface area (Å²) in [5.74, 6) is 1.51. The number of fused-ring (bicyclic) bond motifs is 1. The molecule has 23 heavy (non-hydrogen) atoms. The van der Waals surface area contributed by atoms with Crippen molar-refractivity contribution in [3.05, 3.63) is 46.2 Å². The van der Waals surface area contributed by atoms with E-state index in [9.17, 15) is 4.79 Å². The minimum atomic E-state index is -0.0401. The van der Waals surface area contributed by atoms with Gasteiger partial charge in [0.1, 0.15) is 0 Å². The molecule has 0 unspecified atom stereocenters. The first-order valence-electron chi connectivity index (χ1n) is 7.70. The third-order valence-electron chi connectivity index (χ3n) is 3.71. The van der Waals surface area contributed by atoms with Gasteiger partial charge in [-0.15, -0.1) is 11.3 Å². The number of ether oxygens (including phenoxy) is 2. The summed E-state index contributed by atoms with van der Waals surface area (Å²) in [6.07, 6.45) is 0.866. The van der Waals surface area contributed by atoms with Crippen LogP contribution < -0.4 is 14.8 Å². The van der Waals surface area contributed by atoms with Crippen molar-refractivity contribution in [3.8, 4) is 11.5 Å². The molecule has 2 heterocycles. The van der Waals surface area contributed by atoms with Crippen LogP contribution in [0.25, 0.3) is 0 Å². The molecular formula is C17H20N2O3S. The van der Waals surface area contributed by atoms with Crippen LogP contribution in [-0.4, -0.2) is 30.8 Å². The smallest absolute Gasteiger partial charge is 0.317 e. The second kappa shape index (κ2) is 7.37. The Hall–Kier alpha value is -2.21. The molecule has 0 aliphatic carbocycles. The fourth-order valence-electron chi connectivity index (χ4n) is 2.45. The van der Waals surface area contributed by atoms with Crippen molar-refractivity contribution in [2.45, 2.75) is 19.9 Å². The third kappa shape index (κ3) is 3.96. The number of hydrogen-bond acceptors (Lipinski definition) is 4. The Bertz CT molecular complexity index is 658. The van der Waals surface area contributed by atoms with E-state index in [4.69, 9.17) is 9.47 Å². The zero-order valence-electron chi connectivity index (χ0n) is 13.1. The molecule has 0 fully saturated rings. The number of nitrogens with zero attached hydrogens (tertiary/aromatic N) is 1. The van der Waals surface area contributed by atoms with Crippen LogP contribution in [-0.2, 0) is 13.0 Å². The van der Waals surface area contributed by atoms with E-state index in [0.29, 0.717) is 19.6 Å². The van der Waals surface area contributed by atoms with Gasteiger partial charge in [-0.2, -0.15) is 0 Å². The van der Waals surface area contributed by atoms with E-state index in [1.54, 1.807) is 16.2 Å². The number of carbonyl (C=O) groups excluding carboxylic acids is 1. The highest BCUT2D eigenvalue weighted by Crippen LogP contribution is 2.32. The Kier molecular flexibility index (Phi) is 5.02. The molecular weight excluding hydrogens is 312 g/mol. The Morgan fingerprint density at radius 1 is 1.30 bits per heavy atom. The zero-order valence-corrected chi connectivity index (χ0v) is 13.9. The van der Waals surface area contributed by atoms with Gasteiger partial charge in [-0.25, -0.2) is 4.79 Å². The molecule has 0 bridgehead atoms. The van der Waals surface area contributed by atoms with Crippen molar-refractivity contribution < 1.29 is 14.3 Å². The van der Waals surface area contributed by atoms with Crippen LogP contribution in [0.1, 0.15) is 17.4 Å². The number of urea groups is 1. The minimum absolute atomic E-state index is 0.0401. The normalized spacial score (nSPS) is 12.2. The van der Waals surface area contributed by atoms with Crippen molar-refractivity contribution in [2.24, 2.45) is 0 Å². The van der Waals surface area contributed by atoms with Gasteiger partial charge in [0.05, 0.1) is 0 Å². The maximum atomic E-state index is 12.3. The molecule has 0 radical (unpaired) electrons. The summed E-state index contributed by atoms with van der Waals surface area (Å²) in [6, 6.07) is 9.86. The van der Waals surface area contributed by atoms with Crippen LogP contribution in [0.5, 0.6) is 11.5 Å². The van der Waals surface area contributed by atoms with E-state index in [-0.39, 0.29) is 12.8 Å². The van der Waals surface area contributed by atoms with Gasteiger partial charge in [-0.1, -0.05) is 12.1 Å². The molecule has 0 spiro atoms. The lowest BCUT2D eigenvalue weighted by molar-refractivity contribution is 0.173. The maximum Gasteiger partial charge on any atom is 0.317 e. The second-order valence-electron chi connectivity index (χ2n) is 5.26. The van der Waals surface area contributed by atoms with Crippen molar-refractivity contribution in [2.75, 3.05) is 19.9 Å². The fraction of sp³-hybridized carbons (Fsp3) is 0.353. The van der Waals surface area contributed by atoms with E-state index in [1.807, 2.05) is 31.2 Å². The molecule has 1 aliphatic heterocycles. The molecule has 2 aromatic rings. The molecule has 5 nitrogen and oxygen atoms in total. The molecule has 2 amide bonds. The van der Waals surface area contributed by atoms with Gasteiger partial charge >= 0.3 is 6.03 Å². The van der Waals surface area contributed by atoms with Crippen LogP contribution in [0.15, 0.2) is 35.7 Å². The first-order chi connectivity index (χ1) is 11.3. The van der Waals surface area contributed by atoms with Crippen molar-refractivity contribution in [1.82, 2.24) is 10.2 Å².